The SMILES string of the molecule is COc1cccc(CC(=O)N/N=C/c2cn(CC#N)c3ccccc23)c1. The van der Waals surface area contributed by atoms with Gasteiger partial charge in [0.15, 0.2) is 0 Å². The summed E-state index contributed by atoms with van der Waals surface area (Å²) in [6, 6.07) is 17.3. The number of amides is 1. The van der Waals surface area contributed by atoms with Crippen LogP contribution in [0.25, 0.3) is 10.9 Å². The first-order valence-corrected chi connectivity index (χ1v) is 8.11. The number of nitrogens with one attached hydrogen (secondary N) is 1. The molecule has 26 heavy (non-hydrogen) atoms. The van der Waals surface area contributed by atoms with Crippen LogP contribution in [0.1, 0.15) is 11.1 Å². The maximum atomic E-state index is 12.1. The van der Waals surface area contributed by atoms with Crippen molar-refractivity contribution in [1.82, 2.24) is 9.99 Å². The molecule has 0 unspecified atom stereocenters. The molecule has 0 aliphatic carbocycles. The summed E-state index contributed by atoms with van der Waals surface area (Å²) in [5.74, 6) is 0.499. The number of carbonyl (C=O) groups excluding carboxylic acids is 1. The van der Waals surface area contributed by atoms with Gasteiger partial charge in [-0.3, -0.25) is 4.79 Å². The number of rotatable bonds is 6. The number of nitrogens with zero attached hydrogens (tertiary/aromatic N) is 3. The van der Waals surface area contributed by atoms with Crippen LogP contribution in [-0.4, -0.2) is 23.8 Å². The number of fused-ring (bicyclic) bond motifs is 1. The van der Waals surface area contributed by atoms with Crippen LogP contribution in [-0.2, 0) is 17.8 Å². The third-order valence-electron chi connectivity index (χ3n) is 3.95. The number of para-hydroxylation sites is 1. The average Bonchev–Trinajstić information content (AvgIpc) is 3.00. The largest absolute Gasteiger partial charge is 0.497 e. The van der Waals surface area contributed by atoms with Crippen LogP contribution in [0.5, 0.6) is 5.75 Å². The molecular formula is C20H18N4O2. The van der Waals surface area contributed by atoms with Crippen LogP contribution in [0.4, 0.5) is 0 Å². The Morgan fingerprint density at radius 2 is 2.15 bits per heavy atom. The van der Waals surface area contributed by atoms with Crippen molar-refractivity contribution in [1.29, 1.82) is 5.26 Å². The molecule has 0 aliphatic rings. The Hall–Kier alpha value is -3.59. The van der Waals surface area contributed by atoms with E-state index < -0.39 is 0 Å². The Morgan fingerprint density at radius 3 is 2.96 bits per heavy atom. The maximum Gasteiger partial charge on any atom is 0.244 e. The topological polar surface area (TPSA) is 79.4 Å². The zero-order chi connectivity index (χ0) is 18.4. The van der Waals surface area contributed by atoms with Crippen molar-refractivity contribution in [3.05, 3.63) is 65.9 Å². The van der Waals surface area contributed by atoms with Gasteiger partial charge < -0.3 is 9.30 Å². The molecule has 2 aromatic carbocycles. The lowest BCUT2D eigenvalue weighted by Gasteiger charge is -2.03. The van der Waals surface area contributed by atoms with Crippen LogP contribution >= 0.6 is 0 Å². The van der Waals surface area contributed by atoms with E-state index in [1.807, 2.05) is 59.3 Å². The number of hydrazone groups is 1. The van der Waals surface area contributed by atoms with E-state index in [-0.39, 0.29) is 18.9 Å². The zero-order valence-electron chi connectivity index (χ0n) is 14.3. The highest BCUT2D eigenvalue weighted by atomic mass is 16.5. The molecule has 3 aromatic rings. The summed E-state index contributed by atoms with van der Waals surface area (Å²) in [6.45, 7) is 0.260. The molecule has 0 aliphatic heterocycles. The minimum Gasteiger partial charge on any atom is -0.497 e. The van der Waals surface area contributed by atoms with Gasteiger partial charge in [-0.05, 0) is 23.8 Å². The van der Waals surface area contributed by atoms with E-state index in [2.05, 4.69) is 16.6 Å². The fraction of sp³-hybridized carbons (Fsp3) is 0.150. The third kappa shape index (κ3) is 3.90. The number of hydrogen-bond donors (Lipinski definition) is 1. The van der Waals surface area contributed by atoms with Crippen LogP contribution in [0.15, 0.2) is 59.8 Å². The minimum atomic E-state index is -0.213. The Bertz CT molecular complexity index is 998. The summed E-state index contributed by atoms with van der Waals surface area (Å²) in [5, 5.41) is 14.0. The van der Waals surface area contributed by atoms with Crippen molar-refractivity contribution in [2.24, 2.45) is 5.10 Å². The molecule has 0 atom stereocenters. The van der Waals surface area contributed by atoms with Gasteiger partial charge in [0.25, 0.3) is 0 Å². The lowest BCUT2D eigenvalue weighted by molar-refractivity contribution is -0.120. The number of ether oxygens (including phenoxy) is 1. The molecule has 6 heteroatoms. The van der Waals surface area contributed by atoms with Crippen molar-refractivity contribution >= 4 is 23.0 Å². The molecule has 0 fully saturated rings. The summed E-state index contributed by atoms with van der Waals surface area (Å²) in [6.07, 6.45) is 3.66. The highest BCUT2D eigenvalue weighted by molar-refractivity contribution is 5.99. The number of aromatic nitrogens is 1. The predicted octanol–water partition coefficient (Wildman–Crippen LogP) is 2.87. The number of methoxy groups -OCH3 is 1. The standard InChI is InChI=1S/C20H18N4O2/c1-26-17-6-4-5-15(11-17)12-20(25)23-22-13-16-14-24(10-9-21)19-8-3-2-7-18(16)19/h2-8,11,13-14H,10,12H2,1H3,(H,23,25)/b22-13+. The first kappa shape index (κ1) is 17.2. The second kappa shape index (κ2) is 7.99. The Morgan fingerprint density at radius 1 is 1.31 bits per heavy atom. The van der Waals surface area contributed by atoms with E-state index in [4.69, 9.17) is 10.00 Å². The van der Waals surface area contributed by atoms with Crippen molar-refractivity contribution in [3.63, 3.8) is 0 Å². The summed E-state index contributed by atoms with van der Waals surface area (Å²) in [7, 11) is 1.59. The van der Waals surface area contributed by atoms with E-state index in [0.29, 0.717) is 5.75 Å². The summed E-state index contributed by atoms with van der Waals surface area (Å²) in [4.78, 5) is 12.1. The first-order chi connectivity index (χ1) is 12.7. The molecule has 6 nitrogen and oxygen atoms in total. The summed E-state index contributed by atoms with van der Waals surface area (Å²) >= 11 is 0. The minimum absolute atomic E-state index is 0.213. The number of hydrogen-bond acceptors (Lipinski definition) is 4. The third-order valence-corrected chi connectivity index (χ3v) is 3.95. The Kier molecular flexibility index (Phi) is 5.30. The number of carbonyl (C=O) groups is 1. The van der Waals surface area contributed by atoms with Crippen LogP contribution in [0, 0.1) is 11.3 Å². The molecular weight excluding hydrogens is 328 g/mol. The van der Waals surface area contributed by atoms with E-state index in [1.165, 1.54) is 0 Å². The average molecular weight is 346 g/mol. The number of benzene rings is 2. The molecule has 1 aromatic heterocycles. The van der Waals surface area contributed by atoms with E-state index in [0.717, 1.165) is 22.0 Å². The van der Waals surface area contributed by atoms with Gasteiger partial charge in [0.2, 0.25) is 5.91 Å². The summed E-state index contributed by atoms with van der Waals surface area (Å²) < 4.78 is 7.01. The highest BCUT2D eigenvalue weighted by Gasteiger charge is 2.07. The molecule has 3 rings (SSSR count). The van der Waals surface area contributed by atoms with Crippen molar-refractivity contribution in [2.75, 3.05) is 7.11 Å². The van der Waals surface area contributed by atoms with Crippen molar-refractivity contribution in [2.45, 2.75) is 13.0 Å². The molecule has 0 radical (unpaired) electrons. The van der Waals surface area contributed by atoms with E-state index in [9.17, 15) is 4.79 Å². The monoisotopic (exact) mass is 346 g/mol. The quantitative estimate of drug-likeness (QED) is 0.550. The fourth-order valence-electron chi connectivity index (χ4n) is 2.77. The molecule has 130 valence electrons. The number of nitriles is 1. The lowest BCUT2D eigenvalue weighted by Crippen LogP contribution is -2.19. The van der Waals surface area contributed by atoms with Crippen molar-refractivity contribution < 1.29 is 9.53 Å². The van der Waals surface area contributed by atoms with E-state index >= 15 is 0 Å². The Labute approximate surface area is 151 Å². The van der Waals surface area contributed by atoms with E-state index in [1.54, 1.807) is 13.3 Å². The van der Waals surface area contributed by atoms with Crippen LogP contribution in [0.3, 0.4) is 0 Å². The molecule has 1 N–H and O–H groups in total. The molecule has 1 amide bonds. The van der Waals surface area contributed by atoms with Crippen LogP contribution in [0.2, 0.25) is 0 Å². The van der Waals surface area contributed by atoms with Gasteiger partial charge in [0.05, 0.1) is 25.8 Å². The molecule has 0 saturated carbocycles. The molecule has 0 spiro atoms. The van der Waals surface area contributed by atoms with Gasteiger partial charge >= 0.3 is 0 Å². The Balaban J connectivity index is 1.69. The summed E-state index contributed by atoms with van der Waals surface area (Å²) in [5.41, 5.74) is 5.19. The second-order valence-electron chi connectivity index (χ2n) is 5.71. The molecule has 1 heterocycles. The zero-order valence-corrected chi connectivity index (χ0v) is 14.3. The van der Waals surface area contributed by atoms with Crippen LogP contribution < -0.4 is 10.2 Å². The lowest BCUT2D eigenvalue weighted by atomic mass is 10.1. The highest BCUT2D eigenvalue weighted by Crippen LogP contribution is 2.19. The predicted molar refractivity (Wildman–Crippen MR) is 100.0 cm³/mol. The molecule has 0 bridgehead atoms. The van der Waals surface area contributed by atoms with Gasteiger partial charge in [-0.2, -0.15) is 10.4 Å². The van der Waals surface area contributed by atoms with Gasteiger partial charge in [0, 0.05) is 22.7 Å². The fourth-order valence-corrected chi connectivity index (χ4v) is 2.77. The molecule has 0 saturated heterocycles. The van der Waals surface area contributed by atoms with Gasteiger partial charge in [-0.1, -0.05) is 30.3 Å². The maximum absolute atomic E-state index is 12.1. The normalized spacial score (nSPS) is 10.8. The first-order valence-electron chi connectivity index (χ1n) is 8.11. The van der Waals surface area contributed by atoms with Gasteiger partial charge in [-0.15, -0.1) is 0 Å². The second-order valence-corrected chi connectivity index (χ2v) is 5.71. The van der Waals surface area contributed by atoms with Gasteiger partial charge in [-0.25, -0.2) is 5.43 Å². The van der Waals surface area contributed by atoms with Crippen molar-refractivity contribution in [3.8, 4) is 11.8 Å². The van der Waals surface area contributed by atoms with Gasteiger partial charge in [0.1, 0.15) is 12.3 Å². The smallest absolute Gasteiger partial charge is 0.244 e.